The number of halogens is 4. The first-order chi connectivity index (χ1) is 22.8. The van der Waals surface area contributed by atoms with E-state index in [1.165, 1.54) is 13.2 Å². The van der Waals surface area contributed by atoms with E-state index in [9.17, 15) is 19.4 Å². The van der Waals surface area contributed by atoms with Gasteiger partial charge in [0.15, 0.2) is 0 Å². The van der Waals surface area contributed by atoms with Crippen LogP contribution in [0.3, 0.4) is 0 Å². The Kier molecular flexibility index (Phi) is 19.1. The van der Waals surface area contributed by atoms with Crippen molar-refractivity contribution in [1.82, 2.24) is 10.5 Å². The van der Waals surface area contributed by atoms with Gasteiger partial charge in [-0.3, -0.25) is 9.59 Å². The highest BCUT2D eigenvalue weighted by atomic mass is 35.6. The molecule has 14 heteroatoms. The molecule has 48 heavy (non-hydrogen) atoms. The zero-order valence-electron chi connectivity index (χ0n) is 27.3. The molecule has 9 nitrogen and oxygen atoms in total. The molecule has 0 bridgehead atoms. The van der Waals surface area contributed by atoms with Crippen LogP contribution in [0.2, 0.25) is 11.8 Å². The largest absolute Gasteiger partial charge is 0.495 e. The van der Waals surface area contributed by atoms with Crippen molar-refractivity contribution in [3.8, 4) is 5.75 Å². The molecule has 2 rings (SSSR count). The summed E-state index contributed by atoms with van der Waals surface area (Å²) in [6.07, 6.45) is 9.03. The second kappa shape index (κ2) is 22.1. The number of rotatable bonds is 20. The highest BCUT2D eigenvalue weighted by molar-refractivity contribution is 6.67. The third-order valence-corrected chi connectivity index (χ3v) is 7.65. The number of benzene rings is 2. The van der Waals surface area contributed by atoms with E-state index in [1.54, 1.807) is 31.1 Å². The molecular weight excluding hydrogens is 701 g/mol. The topological polar surface area (TPSA) is 123 Å². The van der Waals surface area contributed by atoms with E-state index in [2.05, 4.69) is 10.5 Å². The second-order valence-electron chi connectivity index (χ2n) is 11.2. The summed E-state index contributed by atoms with van der Waals surface area (Å²) < 4.78 is 14.4. The first-order valence-corrected chi connectivity index (χ1v) is 17.2. The van der Waals surface area contributed by atoms with Crippen molar-refractivity contribution in [3.05, 3.63) is 82.9 Å². The van der Waals surface area contributed by atoms with Crippen molar-refractivity contribution in [1.29, 1.82) is 0 Å². The Hall–Kier alpha value is -2.73. The number of ether oxygens (including phenoxy) is 3. The molecule has 0 fully saturated rings. The lowest BCUT2D eigenvalue weighted by Gasteiger charge is -2.21. The number of unbranched alkanes of at least 4 members (excludes halogenated alkanes) is 2. The molecule has 0 aliphatic heterocycles. The van der Waals surface area contributed by atoms with Crippen molar-refractivity contribution in [2.45, 2.75) is 68.2 Å². The predicted molar refractivity (Wildman–Crippen MR) is 193 cm³/mol. The molecule has 0 radical (unpaired) electrons. The highest BCUT2D eigenvalue weighted by Crippen LogP contribution is 2.27. The Morgan fingerprint density at radius 3 is 2.44 bits per heavy atom. The molecule has 0 saturated heterocycles. The molecule has 0 aromatic heterocycles. The number of alkyl halides is 3. The van der Waals surface area contributed by atoms with E-state index >= 15 is 0 Å². The van der Waals surface area contributed by atoms with E-state index in [0.717, 1.165) is 18.4 Å². The zero-order chi connectivity index (χ0) is 35.5. The molecular formula is C34H43BCl4N2O7. The fourth-order valence-corrected chi connectivity index (χ4v) is 4.92. The van der Waals surface area contributed by atoms with Crippen LogP contribution in [0.1, 0.15) is 50.2 Å². The monoisotopic (exact) mass is 742 g/mol. The Morgan fingerprint density at radius 2 is 1.79 bits per heavy atom. The van der Waals surface area contributed by atoms with Gasteiger partial charge in [-0.1, -0.05) is 114 Å². The number of hydrogen-bond acceptors (Lipinski definition) is 8. The molecule has 262 valence electrons. The summed E-state index contributed by atoms with van der Waals surface area (Å²) in [7, 11) is 0.910. The number of amides is 1. The second-order valence-corrected chi connectivity index (χ2v) is 14.1. The molecule has 2 aromatic carbocycles. The van der Waals surface area contributed by atoms with E-state index in [0.29, 0.717) is 29.3 Å². The van der Waals surface area contributed by atoms with Crippen LogP contribution >= 0.6 is 46.4 Å². The number of carbonyl (C=O) groups is 3. The van der Waals surface area contributed by atoms with Gasteiger partial charge in [-0.05, 0) is 55.5 Å². The van der Waals surface area contributed by atoms with Gasteiger partial charge in [0, 0.05) is 25.2 Å². The lowest BCUT2D eigenvalue weighted by molar-refractivity contribution is -0.150. The van der Waals surface area contributed by atoms with Crippen LogP contribution in [-0.4, -0.2) is 66.1 Å². The molecule has 0 aliphatic rings. The summed E-state index contributed by atoms with van der Waals surface area (Å²) in [5.41, 5.74) is 1.63. The standard InChI is InChI=1S/C34H43BCl4N2O7/c1-24(16-17-25-11-6-4-7-12-25)29(48-32(43)15-8-5-9-20-40-35(2)45)13-10-14-31(42)41-28(33(44)47-23-34(37,38)39)22-26-18-19-30(46-3)27(36)21-26/h4,6-7,10-12,14,16-19,21,24,28-29,40,45H,5,8-9,13,15,20,22-23H2,1-3H3,(H,41,42)/b14-10+,17-16+/t24-,28?,29?/m1/s1. The summed E-state index contributed by atoms with van der Waals surface area (Å²) >= 11 is 23.5. The normalized spacial score (nSPS) is 13.6. The Bertz CT molecular complexity index is 1360. The molecule has 0 aliphatic carbocycles. The van der Waals surface area contributed by atoms with Crippen LogP contribution in [0, 0.1) is 5.92 Å². The maximum atomic E-state index is 13.0. The van der Waals surface area contributed by atoms with Gasteiger partial charge in [-0.15, -0.1) is 0 Å². The maximum Gasteiger partial charge on any atom is 0.373 e. The van der Waals surface area contributed by atoms with E-state index in [4.69, 9.17) is 60.6 Å². The van der Waals surface area contributed by atoms with Gasteiger partial charge in [-0.25, -0.2) is 4.79 Å². The number of hydrogen-bond donors (Lipinski definition) is 3. The molecule has 0 spiro atoms. The van der Waals surface area contributed by atoms with Crippen LogP contribution in [0.4, 0.5) is 0 Å². The van der Waals surface area contributed by atoms with Gasteiger partial charge in [0.2, 0.25) is 9.70 Å². The number of nitrogens with one attached hydrogen (secondary N) is 2. The van der Waals surface area contributed by atoms with Crippen LogP contribution in [0.5, 0.6) is 5.75 Å². The average Bonchev–Trinajstić information content (AvgIpc) is 3.03. The number of carbonyl (C=O) groups excluding carboxylic acids is 3. The summed E-state index contributed by atoms with van der Waals surface area (Å²) in [6, 6.07) is 13.6. The molecule has 1 amide bonds. The van der Waals surface area contributed by atoms with Gasteiger partial charge in [0.25, 0.3) is 0 Å². The summed E-state index contributed by atoms with van der Waals surface area (Å²) in [6.45, 7) is 3.73. The van der Waals surface area contributed by atoms with Gasteiger partial charge in [0.05, 0.1) is 12.1 Å². The van der Waals surface area contributed by atoms with E-state index in [1.807, 2.05) is 49.4 Å². The molecule has 0 heterocycles. The van der Waals surface area contributed by atoms with E-state index < -0.39 is 41.5 Å². The minimum atomic E-state index is -1.83. The smallest absolute Gasteiger partial charge is 0.373 e. The lowest BCUT2D eigenvalue weighted by Crippen LogP contribution is -2.43. The zero-order valence-corrected chi connectivity index (χ0v) is 30.3. The van der Waals surface area contributed by atoms with E-state index in [-0.39, 0.29) is 31.1 Å². The first kappa shape index (κ1) is 41.4. The SMILES string of the molecule is COc1ccc(CC(NC(=O)/C=C/CC(OC(=O)CCCCCNB(C)O)[C@H](C)/C=C/c2ccccc2)C(=O)OCC(Cl)(Cl)Cl)cc1Cl. The van der Waals surface area contributed by atoms with Crippen molar-refractivity contribution in [2.24, 2.45) is 5.92 Å². The molecule has 2 aromatic rings. The van der Waals surface area contributed by atoms with Crippen LogP contribution in [-0.2, 0) is 30.3 Å². The Balaban J connectivity index is 2.10. The molecule has 3 atom stereocenters. The fourth-order valence-electron chi connectivity index (χ4n) is 4.48. The highest BCUT2D eigenvalue weighted by Gasteiger charge is 2.28. The van der Waals surface area contributed by atoms with Crippen LogP contribution in [0.25, 0.3) is 6.08 Å². The fraction of sp³-hybridized carbons (Fsp3) is 0.441. The third kappa shape index (κ3) is 17.6. The predicted octanol–water partition coefficient (Wildman–Crippen LogP) is 6.76. The van der Waals surface area contributed by atoms with Crippen molar-refractivity contribution in [2.75, 3.05) is 20.3 Å². The van der Waals surface area contributed by atoms with Crippen LogP contribution in [0.15, 0.2) is 66.8 Å². The number of methoxy groups -OCH3 is 1. The first-order valence-electron chi connectivity index (χ1n) is 15.6. The quantitative estimate of drug-likeness (QED) is 0.0448. The minimum absolute atomic E-state index is 0.0403. The summed E-state index contributed by atoms with van der Waals surface area (Å²) in [4.78, 5) is 38.7. The van der Waals surface area contributed by atoms with Gasteiger partial charge in [0.1, 0.15) is 24.5 Å². The lowest BCUT2D eigenvalue weighted by atomic mass is 9.89. The van der Waals surface area contributed by atoms with Gasteiger partial charge in [-0.2, -0.15) is 0 Å². The minimum Gasteiger partial charge on any atom is -0.495 e. The Labute approximate surface area is 303 Å². The van der Waals surface area contributed by atoms with Gasteiger partial charge >= 0.3 is 19.0 Å². The molecule has 0 saturated carbocycles. The van der Waals surface area contributed by atoms with Gasteiger partial charge < -0.3 is 29.8 Å². The average molecular weight is 744 g/mol. The number of esters is 2. The van der Waals surface area contributed by atoms with Crippen molar-refractivity contribution < 1.29 is 33.6 Å². The third-order valence-electron chi connectivity index (χ3n) is 7.03. The molecule has 3 N–H and O–H groups in total. The van der Waals surface area contributed by atoms with Crippen molar-refractivity contribution >= 4 is 77.4 Å². The maximum absolute atomic E-state index is 13.0. The summed E-state index contributed by atoms with van der Waals surface area (Å²) in [5, 5.41) is 15.2. The van der Waals surface area contributed by atoms with Crippen LogP contribution < -0.4 is 15.3 Å². The van der Waals surface area contributed by atoms with Crippen molar-refractivity contribution in [3.63, 3.8) is 0 Å². The summed E-state index contributed by atoms with van der Waals surface area (Å²) in [5.74, 6) is -1.44. The Morgan fingerprint density at radius 1 is 1.06 bits per heavy atom. The molecule has 2 unspecified atom stereocenters.